The summed E-state index contributed by atoms with van der Waals surface area (Å²) in [4.78, 5) is 9.85. The van der Waals surface area contributed by atoms with E-state index in [0.717, 1.165) is 77.2 Å². The van der Waals surface area contributed by atoms with E-state index in [0.29, 0.717) is 0 Å². The third-order valence-corrected chi connectivity index (χ3v) is 6.24. The number of aliphatic imine (C=N–C) groups is 1. The highest BCUT2D eigenvalue weighted by molar-refractivity contribution is 14.0. The molecular weight excluding hydrogens is 467 g/mol. The van der Waals surface area contributed by atoms with Crippen LogP contribution in [0.15, 0.2) is 4.99 Å². The summed E-state index contributed by atoms with van der Waals surface area (Å²) in [5.74, 6) is 1.05. The third kappa shape index (κ3) is 7.29. The van der Waals surface area contributed by atoms with Crippen LogP contribution < -0.4 is 5.32 Å². The lowest BCUT2D eigenvalue weighted by Crippen LogP contribution is -2.53. The van der Waals surface area contributed by atoms with Gasteiger partial charge in [0.25, 0.3) is 0 Å². The molecule has 0 amide bonds. The van der Waals surface area contributed by atoms with E-state index in [4.69, 9.17) is 14.5 Å². The average molecular weight is 508 g/mol. The van der Waals surface area contributed by atoms with E-state index in [9.17, 15) is 0 Å². The maximum absolute atomic E-state index is 5.99. The molecule has 2 heterocycles. The monoisotopic (exact) mass is 508 g/mol. The predicted molar refractivity (Wildman–Crippen MR) is 126 cm³/mol. The fraction of sp³-hybridized carbons (Fsp3) is 0.952. The number of guanidine groups is 1. The van der Waals surface area contributed by atoms with Crippen LogP contribution in [0.25, 0.3) is 0 Å². The zero-order valence-electron chi connectivity index (χ0n) is 17.9. The molecule has 0 bridgehead atoms. The van der Waals surface area contributed by atoms with Gasteiger partial charge in [0.1, 0.15) is 6.10 Å². The molecule has 2 atom stereocenters. The summed E-state index contributed by atoms with van der Waals surface area (Å²) in [5.41, 5.74) is 0. The van der Waals surface area contributed by atoms with E-state index in [1.807, 2.05) is 0 Å². The summed E-state index contributed by atoms with van der Waals surface area (Å²) in [5, 5.41) is 3.48. The number of halogens is 1. The van der Waals surface area contributed by atoms with Gasteiger partial charge in [0.2, 0.25) is 0 Å². The second kappa shape index (κ2) is 13.2. The Balaban J connectivity index is 0.00000280. The summed E-state index contributed by atoms with van der Waals surface area (Å²) >= 11 is 0. The Morgan fingerprint density at radius 1 is 1.07 bits per heavy atom. The van der Waals surface area contributed by atoms with Crippen molar-refractivity contribution in [1.29, 1.82) is 0 Å². The molecule has 0 radical (unpaired) electrons. The third-order valence-electron chi connectivity index (χ3n) is 6.24. The number of rotatable bonds is 7. The van der Waals surface area contributed by atoms with Crippen LogP contribution in [0.1, 0.15) is 58.3 Å². The minimum atomic E-state index is 0. The lowest BCUT2D eigenvalue weighted by Gasteiger charge is -2.37. The van der Waals surface area contributed by atoms with Crippen molar-refractivity contribution in [2.75, 3.05) is 53.0 Å². The van der Waals surface area contributed by atoms with E-state index in [1.165, 1.54) is 32.1 Å². The number of hydrogen-bond donors (Lipinski definition) is 1. The lowest BCUT2D eigenvalue weighted by molar-refractivity contribution is -0.0817. The first-order valence-electron chi connectivity index (χ1n) is 11.2. The molecule has 3 aliphatic rings. The second-order valence-corrected chi connectivity index (χ2v) is 8.27. The molecule has 2 unspecified atom stereocenters. The van der Waals surface area contributed by atoms with Crippen molar-refractivity contribution >= 4 is 29.9 Å². The zero-order valence-corrected chi connectivity index (χ0v) is 20.2. The molecule has 164 valence electrons. The molecule has 2 aliphatic heterocycles. The van der Waals surface area contributed by atoms with Gasteiger partial charge in [-0.1, -0.05) is 19.3 Å². The molecule has 7 heteroatoms. The average Bonchev–Trinajstić information content (AvgIpc) is 3.26. The normalized spacial score (nSPS) is 27.1. The van der Waals surface area contributed by atoms with Gasteiger partial charge in [0.15, 0.2) is 5.96 Å². The highest BCUT2D eigenvalue weighted by Gasteiger charge is 2.32. The molecule has 1 N–H and O–H groups in total. The van der Waals surface area contributed by atoms with Crippen LogP contribution in [0.3, 0.4) is 0 Å². The number of hydrogen-bond acceptors (Lipinski definition) is 4. The predicted octanol–water partition coefficient (Wildman–Crippen LogP) is 3.10. The second-order valence-electron chi connectivity index (χ2n) is 8.27. The Bertz CT molecular complexity index is 454. The smallest absolute Gasteiger partial charge is 0.194 e. The fourth-order valence-electron chi connectivity index (χ4n) is 4.62. The van der Waals surface area contributed by atoms with Crippen LogP contribution in [0.4, 0.5) is 0 Å². The Kier molecular flexibility index (Phi) is 11.4. The van der Waals surface area contributed by atoms with E-state index in [1.54, 1.807) is 0 Å². The van der Waals surface area contributed by atoms with Gasteiger partial charge in [-0.15, -0.1) is 24.0 Å². The number of ether oxygens (including phenoxy) is 2. The number of morpholine rings is 1. The van der Waals surface area contributed by atoms with Crippen molar-refractivity contribution in [3.05, 3.63) is 0 Å². The Morgan fingerprint density at radius 2 is 1.86 bits per heavy atom. The summed E-state index contributed by atoms with van der Waals surface area (Å²) < 4.78 is 11.8. The highest BCUT2D eigenvalue weighted by atomic mass is 127. The van der Waals surface area contributed by atoms with Gasteiger partial charge in [0, 0.05) is 38.8 Å². The quantitative estimate of drug-likeness (QED) is 0.248. The van der Waals surface area contributed by atoms with Gasteiger partial charge >= 0.3 is 0 Å². The van der Waals surface area contributed by atoms with Crippen LogP contribution in [-0.2, 0) is 9.47 Å². The van der Waals surface area contributed by atoms with E-state index >= 15 is 0 Å². The first-order chi connectivity index (χ1) is 13.3. The van der Waals surface area contributed by atoms with Gasteiger partial charge in [-0.05, 0) is 52.6 Å². The molecular formula is C21H41IN4O2. The molecule has 1 saturated carbocycles. The van der Waals surface area contributed by atoms with Crippen LogP contribution in [-0.4, -0.2) is 87.0 Å². The Morgan fingerprint density at radius 3 is 2.57 bits per heavy atom. The van der Waals surface area contributed by atoms with E-state index < -0.39 is 0 Å². The van der Waals surface area contributed by atoms with Crippen molar-refractivity contribution in [3.8, 4) is 0 Å². The minimum Gasteiger partial charge on any atom is -0.375 e. The Hall–Kier alpha value is -0.120. The molecule has 0 spiro atoms. The summed E-state index contributed by atoms with van der Waals surface area (Å²) in [6.07, 6.45) is 10.8. The standard InChI is InChI=1S/C21H40N4O2.HI/c1-3-22-21(23-12-8-13-24(2)18-9-5-4-6-10-18)25-14-16-27-20(17-25)19-11-7-15-26-19;/h18-20H,3-17H2,1-2H3,(H,22,23);1H. The van der Waals surface area contributed by atoms with Gasteiger partial charge in [-0.2, -0.15) is 0 Å². The van der Waals surface area contributed by atoms with Crippen LogP contribution in [0.2, 0.25) is 0 Å². The van der Waals surface area contributed by atoms with Crippen LogP contribution in [0.5, 0.6) is 0 Å². The molecule has 3 fully saturated rings. The molecule has 3 rings (SSSR count). The van der Waals surface area contributed by atoms with Crippen molar-refractivity contribution in [1.82, 2.24) is 15.1 Å². The van der Waals surface area contributed by atoms with Gasteiger partial charge in [0.05, 0.1) is 12.7 Å². The van der Waals surface area contributed by atoms with Crippen LogP contribution in [0, 0.1) is 0 Å². The first-order valence-corrected chi connectivity index (χ1v) is 11.2. The summed E-state index contributed by atoms with van der Waals surface area (Å²) in [6.45, 7) is 8.53. The minimum absolute atomic E-state index is 0. The fourth-order valence-corrected chi connectivity index (χ4v) is 4.62. The molecule has 28 heavy (non-hydrogen) atoms. The maximum Gasteiger partial charge on any atom is 0.194 e. The number of nitrogens with one attached hydrogen (secondary N) is 1. The summed E-state index contributed by atoms with van der Waals surface area (Å²) in [6, 6.07) is 0.794. The highest BCUT2D eigenvalue weighted by Crippen LogP contribution is 2.22. The van der Waals surface area contributed by atoms with Crippen LogP contribution >= 0.6 is 24.0 Å². The van der Waals surface area contributed by atoms with E-state index in [2.05, 4.69) is 29.1 Å². The first kappa shape index (κ1) is 24.2. The van der Waals surface area contributed by atoms with Crippen molar-refractivity contribution in [2.45, 2.75) is 76.5 Å². The van der Waals surface area contributed by atoms with Crippen molar-refractivity contribution < 1.29 is 9.47 Å². The molecule has 1 aliphatic carbocycles. The maximum atomic E-state index is 5.99. The molecule has 0 aromatic carbocycles. The number of nitrogens with zero attached hydrogens (tertiary/aromatic N) is 3. The van der Waals surface area contributed by atoms with Crippen molar-refractivity contribution in [3.63, 3.8) is 0 Å². The SMILES string of the molecule is CCNC(=NCCCN(C)C1CCCCC1)N1CCOC(C2CCCO2)C1.I. The molecule has 2 saturated heterocycles. The summed E-state index contributed by atoms with van der Waals surface area (Å²) in [7, 11) is 2.29. The molecule has 0 aromatic rings. The molecule has 0 aromatic heterocycles. The van der Waals surface area contributed by atoms with Gasteiger partial charge in [-0.25, -0.2) is 0 Å². The Labute approximate surface area is 188 Å². The largest absolute Gasteiger partial charge is 0.375 e. The zero-order chi connectivity index (χ0) is 18.9. The van der Waals surface area contributed by atoms with Gasteiger partial charge < -0.3 is 24.6 Å². The lowest BCUT2D eigenvalue weighted by atomic mass is 9.94. The molecule has 6 nitrogen and oxygen atoms in total. The van der Waals surface area contributed by atoms with E-state index in [-0.39, 0.29) is 36.2 Å². The van der Waals surface area contributed by atoms with Gasteiger partial charge in [-0.3, -0.25) is 4.99 Å². The topological polar surface area (TPSA) is 49.3 Å². The van der Waals surface area contributed by atoms with Crippen molar-refractivity contribution in [2.24, 2.45) is 4.99 Å².